The molecule has 1 aromatic carbocycles. The van der Waals surface area contributed by atoms with E-state index in [9.17, 15) is 4.79 Å². The first kappa shape index (κ1) is 21.9. The summed E-state index contributed by atoms with van der Waals surface area (Å²) in [6.07, 6.45) is -0.210. The van der Waals surface area contributed by atoms with Crippen molar-refractivity contribution in [2.45, 2.75) is 65.9 Å². The van der Waals surface area contributed by atoms with Gasteiger partial charge >= 0.3 is 5.97 Å². The Balaban J connectivity index is 2.32. The first-order chi connectivity index (χ1) is 14.1. The van der Waals surface area contributed by atoms with Crippen LogP contribution in [-0.2, 0) is 22.0 Å². The molecule has 0 radical (unpaired) electrons. The van der Waals surface area contributed by atoms with E-state index in [2.05, 4.69) is 26.1 Å². The third-order valence-electron chi connectivity index (χ3n) is 5.17. The predicted molar refractivity (Wildman–Crippen MR) is 119 cm³/mol. The number of carbonyl (C=O) groups is 1. The number of aromatic nitrogens is 2. The van der Waals surface area contributed by atoms with Gasteiger partial charge in [0.1, 0.15) is 11.6 Å². The highest BCUT2D eigenvalue weighted by Gasteiger charge is 2.41. The van der Waals surface area contributed by atoms with Crippen LogP contribution in [0.5, 0.6) is 5.75 Å². The highest BCUT2D eigenvalue weighted by Crippen LogP contribution is 2.48. The molecule has 1 unspecified atom stereocenters. The van der Waals surface area contributed by atoms with Crippen molar-refractivity contribution >= 4 is 11.8 Å². The van der Waals surface area contributed by atoms with E-state index in [0.29, 0.717) is 12.2 Å². The molecular weight excluding hydrogens is 378 g/mol. The topological polar surface area (TPSA) is 65.4 Å². The lowest BCUT2D eigenvalue weighted by molar-refractivity contribution is -0.143. The molecule has 1 atom stereocenters. The first-order valence-electron chi connectivity index (χ1n) is 10.5. The molecule has 0 spiro atoms. The van der Waals surface area contributed by atoms with Crippen LogP contribution in [0, 0.1) is 0 Å². The molecule has 0 saturated carbocycles. The van der Waals surface area contributed by atoms with Gasteiger partial charge in [-0.05, 0) is 33.8 Å². The van der Waals surface area contributed by atoms with Gasteiger partial charge in [0, 0.05) is 29.3 Å². The molecule has 1 aliphatic heterocycles. The van der Waals surface area contributed by atoms with E-state index in [1.54, 1.807) is 0 Å². The van der Waals surface area contributed by atoms with Crippen LogP contribution < -0.4 is 10.1 Å². The predicted octanol–water partition coefficient (Wildman–Crippen LogP) is 4.90. The maximum absolute atomic E-state index is 13.3. The van der Waals surface area contributed by atoms with Crippen molar-refractivity contribution in [1.82, 2.24) is 9.78 Å². The molecule has 1 aromatic heterocycles. The average molecular weight is 412 g/mol. The molecule has 30 heavy (non-hydrogen) atoms. The summed E-state index contributed by atoms with van der Waals surface area (Å²) in [7, 11) is 1.93. The molecule has 1 N–H and O–H groups in total. The summed E-state index contributed by atoms with van der Waals surface area (Å²) < 4.78 is 13.5. The van der Waals surface area contributed by atoms with E-state index in [1.807, 2.05) is 63.7 Å². The Labute approximate surface area is 179 Å². The Bertz CT molecular complexity index is 980. The van der Waals surface area contributed by atoms with E-state index in [-0.39, 0.29) is 23.4 Å². The van der Waals surface area contributed by atoms with Crippen LogP contribution in [0.2, 0.25) is 0 Å². The number of benzene rings is 1. The average Bonchev–Trinajstić information content (AvgIpc) is 2.97. The fourth-order valence-corrected chi connectivity index (χ4v) is 3.99. The van der Waals surface area contributed by atoms with Crippen LogP contribution in [0.4, 0.5) is 5.82 Å². The second-order valence-electron chi connectivity index (χ2n) is 9.01. The number of hydrogen-bond acceptors (Lipinski definition) is 5. The van der Waals surface area contributed by atoms with Crippen molar-refractivity contribution in [3.05, 3.63) is 52.4 Å². The number of ether oxygens (including phenoxy) is 2. The third-order valence-corrected chi connectivity index (χ3v) is 5.17. The number of nitrogens with one attached hydrogen (secondary N) is 1. The smallest absolute Gasteiger partial charge is 0.337 e. The van der Waals surface area contributed by atoms with Crippen LogP contribution in [0.1, 0.15) is 71.2 Å². The van der Waals surface area contributed by atoms with Crippen LogP contribution in [0.3, 0.4) is 0 Å². The van der Waals surface area contributed by atoms with Crippen molar-refractivity contribution in [2.24, 2.45) is 7.05 Å². The van der Waals surface area contributed by atoms with E-state index < -0.39 is 0 Å². The van der Waals surface area contributed by atoms with Gasteiger partial charge < -0.3 is 14.8 Å². The van der Waals surface area contributed by atoms with E-state index in [1.165, 1.54) is 0 Å². The van der Waals surface area contributed by atoms with Crippen molar-refractivity contribution in [3.8, 4) is 5.75 Å². The van der Waals surface area contributed by atoms with Gasteiger partial charge in [-0.15, -0.1) is 0 Å². The number of allylic oxidation sites excluding steroid dienone is 1. The van der Waals surface area contributed by atoms with Crippen LogP contribution in [-0.4, -0.2) is 28.5 Å². The molecule has 0 amide bonds. The molecule has 6 nitrogen and oxygen atoms in total. The Morgan fingerprint density at radius 3 is 2.53 bits per heavy atom. The molecule has 1 aliphatic rings. The van der Waals surface area contributed by atoms with Gasteiger partial charge in [0.2, 0.25) is 0 Å². The maximum atomic E-state index is 13.3. The molecular formula is C24H33N3O3. The summed E-state index contributed by atoms with van der Waals surface area (Å²) in [5.74, 6) is 1.01. The standard InChI is InChI=1S/C24H33N3O3/c1-9-29-17-13-11-10-12-16(17)19-18(23(28)30-14(2)3)15(4)25-22-20(19)21(24(5,6)7)26-27(22)8/h10-14,19,25H,9H2,1-8H3. The zero-order chi connectivity index (χ0) is 22.2. The van der Waals surface area contributed by atoms with E-state index in [0.717, 1.165) is 34.1 Å². The molecule has 0 fully saturated rings. The molecule has 162 valence electrons. The largest absolute Gasteiger partial charge is 0.494 e. The number of hydrogen-bond donors (Lipinski definition) is 1. The van der Waals surface area contributed by atoms with Gasteiger partial charge in [0.05, 0.1) is 29.9 Å². The minimum atomic E-state index is -0.335. The summed E-state index contributed by atoms with van der Waals surface area (Å²) in [5, 5.41) is 8.25. The summed E-state index contributed by atoms with van der Waals surface area (Å²) >= 11 is 0. The Kier molecular flexibility index (Phi) is 5.97. The van der Waals surface area contributed by atoms with Crippen molar-refractivity contribution in [3.63, 3.8) is 0 Å². The molecule has 3 rings (SSSR count). The van der Waals surface area contributed by atoms with E-state index >= 15 is 0 Å². The van der Waals surface area contributed by atoms with Crippen LogP contribution >= 0.6 is 0 Å². The maximum Gasteiger partial charge on any atom is 0.337 e. The number of nitrogens with zero attached hydrogens (tertiary/aromatic N) is 2. The number of esters is 1. The summed E-state index contributed by atoms with van der Waals surface area (Å²) in [6, 6.07) is 7.91. The minimum absolute atomic E-state index is 0.204. The number of anilines is 1. The molecule has 0 aliphatic carbocycles. The lowest BCUT2D eigenvalue weighted by atomic mass is 9.76. The third kappa shape index (κ3) is 3.95. The zero-order valence-electron chi connectivity index (χ0n) is 19.3. The van der Waals surface area contributed by atoms with Gasteiger partial charge in [-0.25, -0.2) is 4.79 Å². The molecule has 2 heterocycles. The van der Waals surface area contributed by atoms with Gasteiger partial charge in [-0.3, -0.25) is 4.68 Å². The van der Waals surface area contributed by atoms with Gasteiger partial charge in [0.25, 0.3) is 0 Å². The molecule has 0 bridgehead atoms. The Morgan fingerprint density at radius 1 is 1.27 bits per heavy atom. The highest BCUT2D eigenvalue weighted by molar-refractivity contribution is 5.95. The molecule has 2 aromatic rings. The van der Waals surface area contributed by atoms with Crippen LogP contribution in [0.15, 0.2) is 35.5 Å². The molecule has 0 saturated heterocycles. The SMILES string of the molecule is CCOc1ccccc1C1C(C(=O)OC(C)C)=C(C)Nc2c1c(C(C)(C)C)nn2C. The quantitative estimate of drug-likeness (QED) is 0.709. The minimum Gasteiger partial charge on any atom is -0.494 e. The summed E-state index contributed by atoms with van der Waals surface area (Å²) in [6.45, 7) is 14.6. The lowest BCUT2D eigenvalue weighted by Crippen LogP contribution is -2.28. The fraction of sp³-hybridized carbons (Fsp3) is 0.500. The number of aryl methyl sites for hydroxylation is 1. The van der Waals surface area contributed by atoms with Crippen molar-refractivity contribution in [1.29, 1.82) is 0 Å². The first-order valence-corrected chi connectivity index (χ1v) is 10.5. The van der Waals surface area contributed by atoms with Crippen molar-refractivity contribution < 1.29 is 14.3 Å². The normalized spacial score (nSPS) is 16.4. The Morgan fingerprint density at radius 2 is 1.93 bits per heavy atom. The summed E-state index contributed by atoms with van der Waals surface area (Å²) in [5.41, 5.74) is 4.06. The highest BCUT2D eigenvalue weighted by atomic mass is 16.5. The Hall–Kier alpha value is -2.76. The lowest BCUT2D eigenvalue weighted by Gasteiger charge is -2.31. The number of carbonyl (C=O) groups excluding carboxylic acids is 1. The van der Waals surface area contributed by atoms with Gasteiger partial charge in [-0.1, -0.05) is 39.0 Å². The van der Waals surface area contributed by atoms with Gasteiger partial charge in [0.15, 0.2) is 0 Å². The number of rotatable bonds is 5. The van der Waals surface area contributed by atoms with E-state index in [4.69, 9.17) is 14.6 Å². The molecule has 6 heteroatoms. The fourth-order valence-electron chi connectivity index (χ4n) is 3.99. The summed E-state index contributed by atoms with van der Waals surface area (Å²) in [4.78, 5) is 13.3. The van der Waals surface area contributed by atoms with Crippen LogP contribution in [0.25, 0.3) is 0 Å². The van der Waals surface area contributed by atoms with Crippen molar-refractivity contribution in [2.75, 3.05) is 11.9 Å². The number of fused-ring (bicyclic) bond motifs is 1. The second-order valence-corrected chi connectivity index (χ2v) is 9.01. The monoisotopic (exact) mass is 411 g/mol. The number of para-hydroxylation sites is 1. The second kappa shape index (κ2) is 8.17. The zero-order valence-corrected chi connectivity index (χ0v) is 19.3. The van der Waals surface area contributed by atoms with Gasteiger partial charge in [-0.2, -0.15) is 5.10 Å².